The van der Waals surface area contributed by atoms with Crippen LogP contribution in [0, 0.1) is 0 Å². The van der Waals surface area contributed by atoms with Gasteiger partial charge in [0.05, 0.1) is 12.8 Å². The molecule has 0 atom stereocenters. The summed E-state index contributed by atoms with van der Waals surface area (Å²) in [7, 11) is 1.54. The predicted molar refractivity (Wildman–Crippen MR) is 122 cm³/mol. The Morgan fingerprint density at radius 3 is 2.39 bits per heavy atom. The average molecular weight is 425 g/mol. The normalized spacial score (nSPS) is 14.9. The number of hydrogen-bond acceptors (Lipinski definition) is 5. The number of benzene rings is 2. The van der Waals surface area contributed by atoms with Crippen molar-refractivity contribution in [2.75, 3.05) is 39.0 Å². The molecule has 166 valence electrons. The fourth-order valence-corrected chi connectivity index (χ4v) is 3.62. The Balaban J connectivity index is 1.57. The van der Waals surface area contributed by atoms with Crippen molar-refractivity contribution in [3.63, 3.8) is 0 Å². The van der Waals surface area contributed by atoms with Crippen LogP contribution in [0.4, 0.5) is 5.69 Å². The van der Waals surface area contributed by atoms with E-state index in [-0.39, 0.29) is 17.4 Å². The second-order valence-electron chi connectivity index (χ2n) is 8.93. The molecule has 31 heavy (non-hydrogen) atoms. The van der Waals surface area contributed by atoms with Gasteiger partial charge in [-0.15, -0.1) is 0 Å². The zero-order chi connectivity index (χ0) is 22.6. The van der Waals surface area contributed by atoms with Crippen LogP contribution in [0.2, 0.25) is 0 Å². The summed E-state index contributed by atoms with van der Waals surface area (Å²) in [4.78, 5) is 29.4. The molecule has 3 rings (SSSR count). The van der Waals surface area contributed by atoms with Crippen molar-refractivity contribution in [2.24, 2.45) is 0 Å². The van der Waals surface area contributed by atoms with Crippen LogP contribution in [0.5, 0.6) is 5.75 Å². The van der Waals surface area contributed by atoms with E-state index in [9.17, 15) is 9.59 Å². The lowest BCUT2D eigenvalue weighted by molar-refractivity contribution is 0.0627. The maximum absolute atomic E-state index is 12.8. The topological polar surface area (TPSA) is 87.9 Å². The van der Waals surface area contributed by atoms with Crippen LogP contribution < -0.4 is 15.8 Å². The number of hydrogen-bond donors (Lipinski definition) is 2. The first-order valence-electron chi connectivity index (χ1n) is 10.5. The first-order chi connectivity index (χ1) is 14.7. The highest BCUT2D eigenvalue weighted by atomic mass is 16.5. The molecule has 0 spiro atoms. The van der Waals surface area contributed by atoms with E-state index in [0.717, 1.165) is 25.2 Å². The van der Waals surface area contributed by atoms with Gasteiger partial charge in [0.2, 0.25) is 0 Å². The van der Waals surface area contributed by atoms with E-state index in [1.807, 2.05) is 49.9 Å². The van der Waals surface area contributed by atoms with E-state index in [1.54, 1.807) is 25.3 Å². The Hall–Kier alpha value is -3.06. The maximum Gasteiger partial charge on any atom is 0.254 e. The summed E-state index contributed by atoms with van der Waals surface area (Å²) in [6, 6.07) is 12.9. The largest absolute Gasteiger partial charge is 0.495 e. The minimum Gasteiger partial charge on any atom is -0.495 e. The number of ether oxygens (including phenoxy) is 1. The minimum absolute atomic E-state index is 0.0150. The Labute approximate surface area is 184 Å². The van der Waals surface area contributed by atoms with E-state index in [4.69, 9.17) is 10.5 Å². The molecular formula is C24H32N4O3. The number of rotatable bonds is 5. The molecule has 2 amide bonds. The summed E-state index contributed by atoms with van der Waals surface area (Å²) in [5, 5.41) is 3.00. The highest BCUT2D eigenvalue weighted by molar-refractivity contribution is 5.95. The monoisotopic (exact) mass is 424 g/mol. The van der Waals surface area contributed by atoms with Crippen molar-refractivity contribution < 1.29 is 14.3 Å². The quantitative estimate of drug-likeness (QED) is 0.721. The number of nitrogens with zero attached hydrogens (tertiary/aromatic N) is 2. The standard InChI is InChI=1S/C24H32N4O3/c1-24(2,3)26-22(29)18-7-5-6-17(14-18)16-27-10-12-28(13-11-27)23(30)19-8-9-20(25)21(15-19)31-4/h5-9,14-15H,10-13,16,25H2,1-4H3,(H,26,29). The summed E-state index contributed by atoms with van der Waals surface area (Å²) in [6.45, 7) is 9.49. The lowest BCUT2D eigenvalue weighted by Crippen LogP contribution is -2.48. The van der Waals surface area contributed by atoms with Gasteiger partial charge in [-0.05, 0) is 56.7 Å². The first kappa shape index (κ1) is 22.6. The third kappa shape index (κ3) is 5.98. The lowest BCUT2D eigenvalue weighted by Gasteiger charge is -2.35. The first-order valence-corrected chi connectivity index (χ1v) is 10.5. The number of carbonyl (C=O) groups excluding carboxylic acids is 2. The third-order valence-electron chi connectivity index (χ3n) is 5.22. The number of piperazine rings is 1. The Morgan fingerprint density at radius 2 is 1.74 bits per heavy atom. The molecule has 1 heterocycles. The number of methoxy groups -OCH3 is 1. The van der Waals surface area contributed by atoms with Gasteiger partial charge in [0.15, 0.2) is 0 Å². The highest BCUT2D eigenvalue weighted by Gasteiger charge is 2.23. The van der Waals surface area contributed by atoms with Gasteiger partial charge in [0, 0.05) is 49.4 Å². The molecule has 0 radical (unpaired) electrons. The molecule has 2 aromatic carbocycles. The van der Waals surface area contributed by atoms with Crippen LogP contribution in [0.1, 0.15) is 47.1 Å². The Morgan fingerprint density at radius 1 is 1.03 bits per heavy atom. The van der Waals surface area contributed by atoms with Crippen LogP contribution >= 0.6 is 0 Å². The van der Waals surface area contributed by atoms with Crippen LogP contribution in [-0.4, -0.2) is 60.4 Å². The molecule has 0 unspecified atom stereocenters. The molecule has 2 aromatic rings. The molecule has 0 saturated carbocycles. The van der Waals surface area contributed by atoms with Crippen molar-refractivity contribution in [2.45, 2.75) is 32.9 Å². The van der Waals surface area contributed by atoms with Gasteiger partial charge >= 0.3 is 0 Å². The van der Waals surface area contributed by atoms with Gasteiger partial charge in [0.25, 0.3) is 11.8 Å². The van der Waals surface area contributed by atoms with Gasteiger partial charge in [-0.2, -0.15) is 0 Å². The molecule has 1 fully saturated rings. The zero-order valence-electron chi connectivity index (χ0n) is 18.8. The summed E-state index contributed by atoms with van der Waals surface area (Å²) in [5.74, 6) is 0.433. The van der Waals surface area contributed by atoms with E-state index >= 15 is 0 Å². The molecule has 1 aliphatic heterocycles. The fourth-order valence-electron chi connectivity index (χ4n) is 3.62. The number of amides is 2. The van der Waals surface area contributed by atoms with Gasteiger partial charge in [-0.3, -0.25) is 14.5 Å². The second kappa shape index (κ2) is 9.39. The second-order valence-corrected chi connectivity index (χ2v) is 8.93. The van der Waals surface area contributed by atoms with Gasteiger partial charge in [-0.25, -0.2) is 0 Å². The summed E-state index contributed by atoms with van der Waals surface area (Å²) < 4.78 is 5.23. The van der Waals surface area contributed by atoms with Crippen LogP contribution in [-0.2, 0) is 6.54 Å². The van der Waals surface area contributed by atoms with Crippen LogP contribution in [0.25, 0.3) is 0 Å². The summed E-state index contributed by atoms with van der Waals surface area (Å²) in [5.41, 5.74) is 8.42. The number of nitrogen functional groups attached to an aromatic ring is 1. The molecule has 7 heteroatoms. The summed E-state index contributed by atoms with van der Waals surface area (Å²) >= 11 is 0. The van der Waals surface area contributed by atoms with E-state index < -0.39 is 0 Å². The van der Waals surface area contributed by atoms with Crippen LogP contribution in [0.15, 0.2) is 42.5 Å². The summed E-state index contributed by atoms with van der Waals surface area (Å²) in [6.07, 6.45) is 0. The van der Waals surface area contributed by atoms with Crippen molar-refractivity contribution in [3.05, 3.63) is 59.2 Å². The molecule has 7 nitrogen and oxygen atoms in total. The van der Waals surface area contributed by atoms with Crippen molar-refractivity contribution in [1.82, 2.24) is 15.1 Å². The molecule has 1 saturated heterocycles. The number of nitrogens with two attached hydrogens (primary N) is 1. The van der Waals surface area contributed by atoms with Crippen molar-refractivity contribution in [1.29, 1.82) is 0 Å². The Kier molecular flexibility index (Phi) is 6.85. The smallest absolute Gasteiger partial charge is 0.254 e. The predicted octanol–water partition coefficient (Wildman–Crippen LogP) is 2.76. The van der Waals surface area contributed by atoms with Gasteiger partial charge < -0.3 is 20.7 Å². The van der Waals surface area contributed by atoms with Gasteiger partial charge in [-0.1, -0.05) is 12.1 Å². The van der Waals surface area contributed by atoms with E-state index in [0.29, 0.717) is 35.7 Å². The Bertz CT molecular complexity index is 944. The molecule has 1 aliphatic rings. The molecule has 0 bridgehead atoms. The zero-order valence-corrected chi connectivity index (χ0v) is 18.8. The minimum atomic E-state index is -0.273. The fraction of sp³-hybridized carbons (Fsp3) is 0.417. The molecule has 0 aliphatic carbocycles. The molecule has 0 aromatic heterocycles. The van der Waals surface area contributed by atoms with Crippen molar-refractivity contribution >= 4 is 17.5 Å². The van der Waals surface area contributed by atoms with Gasteiger partial charge in [0.1, 0.15) is 5.75 Å². The van der Waals surface area contributed by atoms with Crippen LogP contribution in [0.3, 0.4) is 0 Å². The number of carbonyl (C=O) groups is 2. The number of anilines is 1. The van der Waals surface area contributed by atoms with E-state index in [1.165, 1.54) is 0 Å². The van der Waals surface area contributed by atoms with Crippen molar-refractivity contribution in [3.8, 4) is 5.75 Å². The third-order valence-corrected chi connectivity index (χ3v) is 5.22. The maximum atomic E-state index is 12.8. The number of nitrogens with one attached hydrogen (secondary N) is 1. The highest BCUT2D eigenvalue weighted by Crippen LogP contribution is 2.23. The molecule has 3 N–H and O–H groups in total. The lowest BCUT2D eigenvalue weighted by atomic mass is 10.1. The average Bonchev–Trinajstić information content (AvgIpc) is 2.73. The molecular weight excluding hydrogens is 392 g/mol. The van der Waals surface area contributed by atoms with E-state index in [2.05, 4.69) is 10.2 Å². The SMILES string of the molecule is COc1cc(C(=O)N2CCN(Cc3cccc(C(=O)NC(C)(C)C)c3)CC2)ccc1N.